The quantitative estimate of drug-likeness (QED) is 0.0590. The lowest BCUT2D eigenvalue weighted by Crippen LogP contribution is -2.51. The summed E-state index contributed by atoms with van der Waals surface area (Å²) in [7, 11) is -4.21. The summed E-state index contributed by atoms with van der Waals surface area (Å²) >= 11 is 0. The molecule has 4 atom stereocenters. The summed E-state index contributed by atoms with van der Waals surface area (Å²) in [5.41, 5.74) is 4.63. The summed E-state index contributed by atoms with van der Waals surface area (Å²) in [5, 5.41) is 27.5. The molecule has 5 N–H and O–H groups in total. The largest absolute Gasteiger partial charge is 0.486 e. The van der Waals surface area contributed by atoms with Gasteiger partial charge in [-0.3, -0.25) is 9.68 Å². The van der Waals surface area contributed by atoms with Crippen LogP contribution in [0, 0.1) is 6.92 Å². The highest BCUT2D eigenvalue weighted by atomic mass is 32.2. The zero-order valence-electron chi connectivity index (χ0n) is 44.5. The van der Waals surface area contributed by atoms with Crippen LogP contribution in [0.1, 0.15) is 110 Å². The van der Waals surface area contributed by atoms with Crippen LogP contribution in [0.2, 0.25) is 0 Å². The highest BCUT2D eigenvalue weighted by Gasteiger charge is 2.36. The van der Waals surface area contributed by atoms with Gasteiger partial charge in [-0.2, -0.15) is 5.48 Å². The standard InChI is InChI=1S/C28H38N2O8S.C20H32N2O4.C8H8O2/c1-28(2,3)37-27(32)29-23(17-20-9-5-4-6-10-20)24(31)19-30(38-21-11-7-8-12-21)39(33,34)22-13-14-25-26(18-22)36-16-15-35-25;1-20(2,3)25-19(24)22-17(13-15-9-5-4-6-10-15)18(23)14-21-26-16-11-7-8-12-16;1-6-2-3-7-8(4-6)10-5-9-7/h4-6,9-10,13-14,18,21,23-24,31H,7-8,11-12,15-17,19H2,1-3H3,(H,29,32);4-6,9-10,16-18,21,23H,7-8,11-14H2,1-3H3,(H,22,24);2-4H,5H2,1H3/t23-,24+;17-,18+;/m00./s1. The van der Waals surface area contributed by atoms with E-state index in [1.165, 1.54) is 30.5 Å². The molecule has 19 heteroatoms. The van der Waals surface area contributed by atoms with Crippen LogP contribution in [0.5, 0.6) is 23.0 Å². The molecule has 2 amide bonds. The number of benzene rings is 4. The first-order valence-corrected chi connectivity index (χ1v) is 27.4. The zero-order valence-corrected chi connectivity index (χ0v) is 45.3. The van der Waals surface area contributed by atoms with Gasteiger partial charge in [-0.1, -0.05) is 96.9 Å². The van der Waals surface area contributed by atoms with Crippen LogP contribution < -0.4 is 35.1 Å². The van der Waals surface area contributed by atoms with Crippen molar-refractivity contribution in [2.45, 2.75) is 165 Å². The first kappa shape index (κ1) is 58.6. The van der Waals surface area contributed by atoms with E-state index in [9.17, 15) is 28.2 Å². The monoisotopic (exact) mass is 1060 g/mol. The first-order valence-electron chi connectivity index (χ1n) is 26.0. The van der Waals surface area contributed by atoms with Gasteiger partial charge in [-0.05, 0) is 128 Å². The normalized spacial score (nSPS) is 17.1. The molecule has 2 fully saturated rings. The third-order valence-electron chi connectivity index (χ3n) is 12.3. The number of aryl methyl sites for hydroxylation is 1. The molecule has 2 aliphatic carbocycles. The highest BCUT2D eigenvalue weighted by Crippen LogP contribution is 2.35. The topological polar surface area (TPSA) is 222 Å². The summed E-state index contributed by atoms with van der Waals surface area (Å²) in [6.45, 7) is 13.6. The number of aliphatic hydroxyl groups is 2. The molecule has 0 bridgehead atoms. The van der Waals surface area contributed by atoms with Gasteiger partial charge in [0.25, 0.3) is 10.0 Å². The number of amides is 2. The van der Waals surface area contributed by atoms with Gasteiger partial charge >= 0.3 is 12.2 Å². The van der Waals surface area contributed by atoms with Crippen LogP contribution in [0.25, 0.3) is 0 Å². The van der Waals surface area contributed by atoms with E-state index in [1.807, 2.05) is 107 Å². The fraction of sp³-hybridized carbons (Fsp3) is 0.536. The minimum absolute atomic E-state index is 0.0448. The van der Waals surface area contributed by atoms with Crippen molar-refractivity contribution in [3.8, 4) is 23.0 Å². The number of rotatable bonds is 18. The Bertz CT molecular complexity index is 2500. The number of sulfonamides is 1. The predicted molar refractivity (Wildman–Crippen MR) is 282 cm³/mol. The van der Waals surface area contributed by atoms with E-state index in [4.69, 9.17) is 38.1 Å². The second-order valence-electron chi connectivity index (χ2n) is 21.1. The molecule has 0 aromatic heterocycles. The maximum Gasteiger partial charge on any atom is 0.407 e. The Hall–Kier alpha value is -5.67. The molecule has 8 rings (SSSR count). The molecular formula is C56H78N4O14S. The van der Waals surface area contributed by atoms with E-state index in [0.717, 1.165) is 52.8 Å². The van der Waals surface area contributed by atoms with Crippen molar-refractivity contribution in [2.24, 2.45) is 0 Å². The zero-order chi connectivity index (χ0) is 54.0. The molecule has 2 heterocycles. The summed E-state index contributed by atoms with van der Waals surface area (Å²) in [4.78, 5) is 36.4. The average Bonchev–Trinajstić information content (AvgIpc) is 4.18. The highest BCUT2D eigenvalue weighted by molar-refractivity contribution is 7.89. The Kier molecular flexibility index (Phi) is 21.8. The molecule has 0 saturated heterocycles. The van der Waals surface area contributed by atoms with Crippen molar-refractivity contribution in [1.29, 1.82) is 0 Å². The van der Waals surface area contributed by atoms with E-state index < -0.39 is 64.2 Å². The van der Waals surface area contributed by atoms with Crippen LogP contribution in [0.4, 0.5) is 9.59 Å². The third kappa shape index (κ3) is 19.8. The second-order valence-corrected chi connectivity index (χ2v) is 22.9. The van der Waals surface area contributed by atoms with Crippen LogP contribution in [-0.2, 0) is 42.0 Å². The van der Waals surface area contributed by atoms with Crippen molar-refractivity contribution in [3.63, 3.8) is 0 Å². The number of carbonyl (C=O) groups is 2. The van der Waals surface area contributed by atoms with E-state index in [-0.39, 0.29) is 30.1 Å². The molecule has 2 saturated carbocycles. The third-order valence-corrected chi connectivity index (χ3v) is 13.9. The number of aliphatic hydroxyl groups excluding tert-OH is 2. The van der Waals surface area contributed by atoms with Crippen LogP contribution in [0.15, 0.2) is 102 Å². The van der Waals surface area contributed by atoms with E-state index in [1.54, 1.807) is 26.8 Å². The predicted octanol–water partition coefficient (Wildman–Crippen LogP) is 8.49. The summed E-state index contributed by atoms with van der Waals surface area (Å²) in [5.74, 6) is 2.51. The molecule has 0 radical (unpaired) electrons. The Labute approximate surface area is 442 Å². The SMILES string of the molecule is CC(C)(C)OC(=O)N[C@@H](Cc1ccccc1)[C@H](O)CN(OC1CCCC1)S(=O)(=O)c1ccc2c(c1)OCCO2.CC(C)(C)OC(=O)N[C@@H](Cc1ccccc1)[C@H](O)CNOC1CCCC1.Cc1ccc2c(c1)OCO2. The van der Waals surface area contributed by atoms with Crippen LogP contribution in [-0.4, -0.2) is 116 Å². The molecule has 75 heavy (non-hydrogen) atoms. The number of fused-ring (bicyclic) bond motifs is 2. The number of alkyl carbamates (subject to hydrolysis) is 2. The van der Waals surface area contributed by atoms with Crippen molar-refractivity contribution in [2.75, 3.05) is 33.1 Å². The minimum Gasteiger partial charge on any atom is -0.486 e. The lowest BCUT2D eigenvalue weighted by atomic mass is 10.0. The molecule has 0 spiro atoms. The fourth-order valence-corrected chi connectivity index (χ4v) is 9.88. The molecule has 4 aromatic rings. The molecule has 18 nitrogen and oxygen atoms in total. The molecule has 4 aliphatic rings. The van der Waals surface area contributed by atoms with Crippen molar-refractivity contribution in [3.05, 3.63) is 114 Å². The number of hydroxylamine groups is 2. The van der Waals surface area contributed by atoms with Gasteiger partial charge in [0.2, 0.25) is 6.79 Å². The van der Waals surface area contributed by atoms with Crippen molar-refractivity contribution < 1.29 is 66.3 Å². The van der Waals surface area contributed by atoms with Gasteiger partial charge in [-0.15, -0.1) is 0 Å². The number of hydrogen-bond acceptors (Lipinski definition) is 15. The summed E-state index contributed by atoms with van der Waals surface area (Å²) in [6, 6.07) is 28.0. The number of nitrogens with zero attached hydrogens (tertiary/aromatic N) is 1. The van der Waals surface area contributed by atoms with Crippen LogP contribution >= 0.6 is 0 Å². The van der Waals surface area contributed by atoms with E-state index in [2.05, 4.69) is 16.1 Å². The Balaban J connectivity index is 0.000000216. The van der Waals surface area contributed by atoms with Gasteiger partial charge in [0, 0.05) is 12.6 Å². The number of carbonyl (C=O) groups excluding carboxylic acids is 2. The van der Waals surface area contributed by atoms with Gasteiger partial charge in [0.15, 0.2) is 23.0 Å². The van der Waals surface area contributed by atoms with Gasteiger partial charge in [0.05, 0.1) is 47.9 Å². The number of nitrogens with one attached hydrogen (secondary N) is 3. The molecular weight excluding hydrogens is 985 g/mol. The Morgan fingerprint density at radius 2 is 1.12 bits per heavy atom. The fourth-order valence-electron chi connectivity index (χ4n) is 8.56. The van der Waals surface area contributed by atoms with Gasteiger partial charge < -0.3 is 49.3 Å². The summed E-state index contributed by atoms with van der Waals surface area (Å²) < 4.78 is 60.6. The lowest BCUT2D eigenvalue weighted by Gasteiger charge is -2.31. The van der Waals surface area contributed by atoms with Crippen molar-refractivity contribution in [1.82, 2.24) is 20.6 Å². The molecule has 412 valence electrons. The second kappa shape index (κ2) is 27.9. The van der Waals surface area contributed by atoms with E-state index >= 15 is 0 Å². The molecule has 2 aliphatic heterocycles. The maximum absolute atomic E-state index is 13.8. The minimum atomic E-state index is -4.21. The van der Waals surface area contributed by atoms with Gasteiger partial charge in [0.1, 0.15) is 24.4 Å². The number of ether oxygens (including phenoxy) is 6. The smallest absolute Gasteiger partial charge is 0.407 e. The first-order chi connectivity index (χ1) is 35.7. The molecule has 4 aromatic carbocycles. The van der Waals surface area contributed by atoms with Crippen molar-refractivity contribution >= 4 is 22.2 Å². The number of hydrogen-bond donors (Lipinski definition) is 5. The average molecular weight is 1060 g/mol. The Morgan fingerprint density at radius 3 is 1.68 bits per heavy atom. The van der Waals surface area contributed by atoms with E-state index in [0.29, 0.717) is 50.8 Å². The molecule has 0 unspecified atom stereocenters. The Morgan fingerprint density at radius 1 is 0.640 bits per heavy atom. The van der Waals surface area contributed by atoms with Gasteiger partial charge in [-0.25, -0.2) is 18.0 Å². The maximum atomic E-state index is 13.8. The summed E-state index contributed by atoms with van der Waals surface area (Å²) in [6.07, 6.45) is 5.09. The lowest BCUT2D eigenvalue weighted by molar-refractivity contribution is -0.145. The van der Waals surface area contributed by atoms with Crippen LogP contribution in [0.3, 0.4) is 0 Å².